The van der Waals surface area contributed by atoms with Gasteiger partial charge in [-0.25, -0.2) is 4.79 Å². The normalized spacial score (nSPS) is 14.3. The standard InChI is InChI=1S/C11H13NO3/c1-2-12-5-6-15-10-4-3-8(11(13)14)7-9(10)12/h3-4,7H,2,5-6H2,1H3,(H,13,14). The van der Waals surface area contributed by atoms with E-state index in [4.69, 9.17) is 9.84 Å². The van der Waals surface area contributed by atoms with Crippen LogP contribution in [0.5, 0.6) is 5.75 Å². The van der Waals surface area contributed by atoms with Crippen LogP contribution in [0.3, 0.4) is 0 Å². The van der Waals surface area contributed by atoms with E-state index in [1.165, 1.54) is 0 Å². The summed E-state index contributed by atoms with van der Waals surface area (Å²) in [5.41, 5.74) is 1.18. The number of benzene rings is 1. The third-order valence-electron chi connectivity index (χ3n) is 2.55. The van der Waals surface area contributed by atoms with Crippen molar-refractivity contribution in [3.8, 4) is 5.75 Å². The third-order valence-corrected chi connectivity index (χ3v) is 2.55. The first-order valence-corrected chi connectivity index (χ1v) is 4.97. The van der Waals surface area contributed by atoms with Crippen LogP contribution in [-0.4, -0.2) is 30.8 Å². The Balaban J connectivity index is 2.43. The highest BCUT2D eigenvalue weighted by Crippen LogP contribution is 2.32. The summed E-state index contributed by atoms with van der Waals surface area (Å²) in [7, 11) is 0. The van der Waals surface area contributed by atoms with Crippen molar-refractivity contribution < 1.29 is 14.6 Å². The molecule has 1 aromatic rings. The molecule has 0 unspecified atom stereocenters. The Hall–Kier alpha value is -1.71. The number of ether oxygens (including phenoxy) is 1. The molecule has 1 heterocycles. The molecule has 4 nitrogen and oxygen atoms in total. The van der Waals surface area contributed by atoms with Crippen LogP contribution >= 0.6 is 0 Å². The number of anilines is 1. The van der Waals surface area contributed by atoms with Gasteiger partial charge >= 0.3 is 5.97 Å². The molecule has 0 aromatic heterocycles. The second kappa shape index (κ2) is 3.81. The smallest absolute Gasteiger partial charge is 0.335 e. The van der Waals surface area contributed by atoms with Gasteiger partial charge in [0.2, 0.25) is 0 Å². The summed E-state index contributed by atoms with van der Waals surface area (Å²) in [5, 5.41) is 8.89. The lowest BCUT2D eigenvalue weighted by molar-refractivity contribution is 0.0697. The van der Waals surface area contributed by atoms with Gasteiger partial charge < -0.3 is 14.7 Å². The van der Waals surface area contributed by atoms with E-state index in [1.807, 2.05) is 6.92 Å². The Morgan fingerprint density at radius 3 is 3.07 bits per heavy atom. The summed E-state index contributed by atoms with van der Waals surface area (Å²) in [6.45, 7) is 4.38. The number of aromatic carboxylic acids is 1. The number of carboxylic acid groups (broad SMARTS) is 1. The van der Waals surface area contributed by atoms with Crippen molar-refractivity contribution in [3.63, 3.8) is 0 Å². The van der Waals surface area contributed by atoms with Gasteiger partial charge in [-0.3, -0.25) is 0 Å². The maximum Gasteiger partial charge on any atom is 0.335 e. The molecule has 0 spiro atoms. The van der Waals surface area contributed by atoms with E-state index in [0.29, 0.717) is 12.2 Å². The second-order valence-corrected chi connectivity index (χ2v) is 3.42. The predicted octanol–water partition coefficient (Wildman–Crippen LogP) is 1.60. The number of hydrogen-bond acceptors (Lipinski definition) is 3. The van der Waals surface area contributed by atoms with E-state index >= 15 is 0 Å². The summed E-state index contributed by atoms with van der Waals surface area (Å²) in [6, 6.07) is 4.96. The van der Waals surface area contributed by atoms with Crippen LogP contribution in [0.1, 0.15) is 17.3 Å². The van der Waals surface area contributed by atoms with Crippen molar-refractivity contribution in [1.29, 1.82) is 0 Å². The predicted molar refractivity (Wildman–Crippen MR) is 56.8 cm³/mol. The molecule has 80 valence electrons. The van der Waals surface area contributed by atoms with Crippen molar-refractivity contribution in [2.75, 3.05) is 24.6 Å². The number of carbonyl (C=O) groups is 1. The van der Waals surface area contributed by atoms with Crippen molar-refractivity contribution >= 4 is 11.7 Å². The highest BCUT2D eigenvalue weighted by atomic mass is 16.5. The molecule has 1 aliphatic heterocycles. The minimum absolute atomic E-state index is 0.303. The highest BCUT2D eigenvalue weighted by molar-refractivity contribution is 5.89. The van der Waals surface area contributed by atoms with Gasteiger partial charge in [0, 0.05) is 6.54 Å². The van der Waals surface area contributed by atoms with Crippen molar-refractivity contribution in [2.45, 2.75) is 6.92 Å². The molecule has 0 aliphatic carbocycles. The van der Waals surface area contributed by atoms with Gasteiger partial charge in [0.05, 0.1) is 17.8 Å². The van der Waals surface area contributed by atoms with Gasteiger partial charge in [-0.15, -0.1) is 0 Å². The first-order chi connectivity index (χ1) is 7.22. The number of rotatable bonds is 2. The molecule has 0 fully saturated rings. The third kappa shape index (κ3) is 1.75. The Morgan fingerprint density at radius 2 is 2.40 bits per heavy atom. The zero-order valence-electron chi connectivity index (χ0n) is 8.56. The van der Waals surface area contributed by atoms with Gasteiger partial charge in [0.25, 0.3) is 0 Å². The maximum atomic E-state index is 10.8. The van der Waals surface area contributed by atoms with Gasteiger partial charge in [-0.1, -0.05) is 0 Å². The number of fused-ring (bicyclic) bond motifs is 1. The van der Waals surface area contributed by atoms with Crippen LogP contribution in [0, 0.1) is 0 Å². The lowest BCUT2D eigenvalue weighted by atomic mass is 10.1. The summed E-state index contributed by atoms with van der Waals surface area (Å²) in [4.78, 5) is 12.9. The van der Waals surface area contributed by atoms with E-state index in [1.54, 1.807) is 18.2 Å². The first-order valence-electron chi connectivity index (χ1n) is 4.97. The maximum absolute atomic E-state index is 10.8. The van der Waals surface area contributed by atoms with E-state index < -0.39 is 5.97 Å². The zero-order chi connectivity index (χ0) is 10.8. The minimum Gasteiger partial charge on any atom is -0.490 e. The van der Waals surface area contributed by atoms with E-state index in [2.05, 4.69) is 4.90 Å². The molecule has 2 rings (SSSR count). The summed E-state index contributed by atoms with van der Waals surface area (Å²) >= 11 is 0. The molecule has 0 atom stereocenters. The molecule has 4 heteroatoms. The van der Waals surface area contributed by atoms with Crippen LogP contribution in [0.15, 0.2) is 18.2 Å². The fraction of sp³-hybridized carbons (Fsp3) is 0.364. The number of hydrogen-bond donors (Lipinski definition) is 1. The molecule has 1 N–H and O–H groups in total. The average Bonchev–Trinajstić information content (AvgIpc) is 2.27. The van der Waals surface area contributed by atoms with Crippen molar-refractivity contribution in [2.24, 2.45) is 0 Å². The largest absolute Gasteiger partial charge is 0.490 e. The summed E-state index contributed by atoms with van der Waals surface area (Å²) in [6.07, 6.45) is 0. The summed E-state index contributed by atoms with van der Waals surface area (Å²) in [5.74, 6) is -0.132. The van der Waals surface area contributed by atoms with Crippen molar-refractivity contribution in [1.82, 2.24) is 0 Å². The molecule has 0 amide bonds. The molecular formula is C11H13NO3. The fourth-order valence-corrected chi connectivity index (χ4v) is 1.73. The van der Waals surface area contributed by atoms with E-state index in [-0.39, 0.29) is 0 Å². The second-order valence-electron chi connectivity index (χ2n) is 3.42. The molecule has 0 radical (unpaired) electrons. The molecule has 0 bridgehead atoms. The van der Waals surface area contributed by atoms with Gasteiger partial charge in [-0.2, -0.15) is 0 Å². The van der Waals surface area contributed by atoms with Crippen LogP contribution in [0.2, 0.25) is 0 Å². The number of carboxylic acids is 1. The number of likely N-dealkylation sites (N-methyl/N-ethyl adjacent to an activating group) is 1. The zero-order valence-corrected chi connectivity index (χ0v) is 8.56. The summed E-state index contributed by atoms with van der Waals surface area (Å²) < 4.78 is 5.46. The lowest BCUT2D eigenvalue weighted by Crippen LogP contribution is -2.32. The quantitative estimate of drug-likeness (QED) is 0.800. The molecule has 0 saturated carbocycles. The van der Waals surface area contributed by atoms with Gasteiger partial charge in [0.1, 0.15) is 12.4 Å². The topological polar surface area (TPSA) is 49.8 Å². The first kappa shape index (κ1) is 9.83. The molecule has 15 heavy (non-hydrogen) atoms. The van der Waals surface area contributed by atoms with Crippen LogP contribution in [-0.2, 0) is 0 Å². The van der Waals surface area contributed by atoms with Crippen LogP contribution < -0.4 is 9.64 Å². The number of nitrogens with zero attached hydrogens (tertiary/aromatic N) is 1. The molecule has 0 saturated heterocycles. The van der Waals surface area contributed by atoms with Gasteiger partial charge in [0.15, 0.2) is 0 Å². The Labute approximate surface area is 88.1 Å². The highest BCUT2D eigenvalue weighted by Gasteiger charge is 2.18. The molecule has 1 aliphatic rings. The van der Waals surface area contributed by atoms with E-state index in [0.717, 1.165) is 24.5 Å². The van der Waals surface area contributed by atoms with Gasteiger partial charge in [-0.05, 0) is 25.1 Å². The Bertz CT molecular complexity index is 389. The molecule has 1 aromatic carbocycles. The van der Waals surface area contributed by atoms with Crippen LogP contribution in [0.25, 0.3) is 0 Å². The Morgan fingerprint density at radius 1 is 1.60 bits per heavy atom. The van der Waals surface area contributed by atoms with Crippen molar-refractivity contribution in [3.05, 3.63) is 23.8 Å². The average molecular weight is 207 g/mol. The lowest BCUT2D eigenvalue weighted by Gasteiger charge is -2.30. The fourth-order valence-electron chi connectivity index (χ4n) is 1.73. The minimum atomic E-state index is -0.903. The monoisotopic (exact) mass is 207 g/mol. The van der Waals surface area contributed by atoms with Crippen LogP contribution in [0.4, 0.5) is 5.69 Å². The van der Waals surface area contributed by atoms with E-state index in [9.17, 15) is 4.79 Å². The molecular weight excluding hydrogens is 194 g/mol. The SMILES string of the molecule is CCN1CCOc2ccc(C(=O)O)cc21. The Kier molecular flexibility index (Phi) is 2.49.